The second-order valence-electron chi connectivity index (χ2n) is 7.72. The fourth-order valence-corrected chi connectivity index (χ4v) is 3.74. The van der Waals surface area contributed by atoms with Gasteiger partial charge >= 0.3 is 6.18 Å². The fourth-order valence-electron chi connectivity index (χ4n) is 3.74. The third kappa shape index (κ3) is 5.01. The van der Waals surface area contributed by atoms with E-state index in [0.717, 1.165) is 6.92 Å². The highest BCUT2D eigenvalue weighted by Crippen LogP contribution is 2.49. The zero-order chi connectivity index (χ0) is 24.1. The van der Waals surface area contributed by atoms with Gasteiger partial charge in [0, 0.05) is 38.6 Å². The Morgan fingerprint density at radius 1 is 0.719 bits per heavy atom. The number of benzene rings is 2. The summed E-state index contributed by atoms with van der Waals surface area (Å²) >= 11 is 0. The van der Waals surface area contributed by atoms with Gasteiger partial charge in [-0.15, -0.1) is 0 Å². The number of aliphatic hydroxyl groups is 2. The number of methoxy groups -OCH3 is 2. The third-order valence-corrected chi connectivity index (χ3v) is 5.62. The summed E-state index contributed by atoms with van der Waals surface area (Å²) in [5.74, 6) is -0.443. The van der Waals surface area contributed by atoms with Crippen molar-refractivity contribution >= 4 is 0 Å². The molecule has 0 bridgehead atoms. The molecule has 0 amide bonds. The molecule has 4 N–H and O–H groups in total. The van der Waals surface area contributed by atoms with Crippen molar-refractivity contribution in [2.45, 2.75) is 44.6 Å². The zero-order valence-corrected chi connectivity index (χ0v) is 18.3. The molecule has 0 heterocycles. The minimum Gasteiger partial charge on any atom is -0.507 e. The Kier molecular flexibility index (Phi) is 8.53. The van der Waals surface area contributed by atoms with Crippen LogP contribution in [0.4, 0.5) is 13.2 Å². The summed E-state index contributed by atoms with van der Waals surface area (Å²) in [5.41, 5.74) is -2.18. The molecule has 0 aromatic heterocycles. The first-order valence-corrected chi connectivity index (χ1v) is 10.0. The van der Waals surface area contributed by atoms with Gasteiger partial charge in [-0.3, -0.25) is 0 Å². The van der Waals surface area contributed by atoms with E-state index in [1.807, 2.05) is 0 Å². The normalized spacial score (nSPS) is 12.4. The van der Waals surface area contributed by atoms with E-state index >= 15 is 0 Å². The molecular formula is C23H29F3O6. The lowest BCUT2D eigenvalue weighted by atomic mass is 9.73. The highest BCUT2D eigenvalue weighted by atomic mass is 19.4. The smallest absolute Gasteiger partial charge is 0.402 e. The van der Waals surface area contributed by atoms with Crippen LogP contribution in [0, 0.1) is 0 Å². The molecule has 0 aliphatic rings. The molecule has 2 aromatic rings. The Morgan fingerprint density at radius 2 is 1.06 bits per heavy atom. The summed E-state index contributed by atoms with van der Waals surface area (Å²) in [6.07, 6.45) is -4.84. The van der Waals surface area contributed by atoms with Gasteiger partial charge in [-0.25, -0.2) is 0 Å². The van der Waals surface area contributed by atoms with Gasteiger partial charge in [0.15, 0.2) is 0 Å². The zero-order valence-electron chi connectivity index (χ0n) is 18.3. The number of hydrogen-bond donors (Lipinski definition) is 4. The summed E-state index contributed by atoms with van der Waals surface area (Å²) in [4.78, 5) is 0. The number of ether oxygens (including phenoxy) is 2. The highest BCUT2D eigenvalue weighted by molar-refractivity contribution is 5.53. The van der Waals surface area contributed by atoms with Crippen LogP contribution in [-0.4, -0.2) is 54.0 Å². The second kappa shape index (κ2) is 10.5. The number of aromatic hydroxyl groups is 2. The lowest BCUT2D eigenvalue weighted by Crippen LogP contribution is -2.41. The maximum atomic E-state index is 14.7. The second-order valence-corrected chi connectivity index (χ2v) is 7.72. The van der Waals surface area contributed by atoms with Gasteiger partial charge in [0.25, 0.3) is 0 Å². The molecule has 2 aromatic carbocycles. The Morgan fingerprint density at radius 3 is 1.34 bits per heavy atom. The number of phenolic OH excluding ortho intramolecular Hbond substituents is 2. The molecule has 0 saturated heterocycles. The molecule has 0 unspecified atom stereocenters. The average molecular weight is 458 g/mol. The number of aliphatic hydroxyl groups excluding tert-OH is 2. The average Bonchev–Trinajstić information content (AvgIpc) is 2.72. The van der Waals surface area contributed by atoms with E-state index in [0.29, 0.717) is 0 Å². The van der Waals surface area contributed by atoms with E-state index in [1.165, 1.54) is 38.5 Å². The Hall–Kier alpha value is -2.33. The summed E-state index contributed by atoms with van der Waals surface area (Å²) < 4.78 is 54.1. The maximum absolute atomic E-state index is 14.7. The Balaban J connectivity index is 2.87. The highest BCUT2D eigenvalue weighted by Gasteiger charge is 2.54. The first-order chi connectivity index (χ1) is 15.0. The van der Waals surface area contributed by atoms with Gasteiger partial charge in [0.2, 0.25) is 0 Å². The van der Waals surface area contributed by atoms with E-state index in [-0.39, 0.29) is 84.1 Å². The Bertz CT molecular complexity index is 807. The van der Waals surface area contributed by atoms with Crippen molar-refractivity contribution in [2.75, 3.05) is 27.4 Å². The maximum Gasteiger partial charge on any atom is 0.402 e. The van der Waals surface area contributed by atoms with E-state index in [4.69, 9.17) is 9.47 Å². The molecule has 32 heavy (non-hydrogen) atoms. The van der Waals surface area contributed by atoms with Crippen molar-refractivity contribution in [3.63, 3.8) is 0 Å². The molecule has 0 fully saturated rings. The molecule has 6 nitrogen and oxygen atoms in total. The predicted octanol–water partition coefficient (Wildman–Crippen LogP) is 3.33. The fraction of sp³-hybridized carbons (Fsp3) is 0.478. The number of rotatable bonds is 10. The molecule has 0 aliphatic carbocycles. The van der Waals surface area contributed by atoms with Gasteiger partial charge in [-0.1, -0.05) is 12.1 Å². The molecular weight excluding hydrogens is 429 g/mol. The first-order valence-electron chi connectivity index (χ1n) is 10.0. The number of halogens is 3. The monoisotopic (exact) mass is 458 g/mol. The molecule has 0 spiro atoms. The van der Waals surface area contributed by atoms with Crippen molar-refractivity contribution in [3.05, 3.63) is 57.6 Å². The topological polar surface area (TPSA) is 99.4 Å². The molecule has 0 aliphatic heterocycles. The number of alkyl halides is 3. The van der Waals surface area contributed by atoms with Crippen LogP contribution in [0.5, 0.6) is 11.5 Å². The third-order valence-electron chi connectivity index (χ3n) is 5.62. The minimum absolute atomic E-state index is 0.0371. The van der Waals surface area contributed by atoms with Crippen molar-refractivity contribution in [1.82, 2.24) is 0 Å². The van der Waals surface area contributed by atoms with Gasteiger partial charge in [-0.2, -0.15) is 13.2 Å². The van der Waals surface area contributed by atoms with E-state index in [9.17, 15) is 33.6 Å². The van der Waals surface area contributed by atoms with Crippen LogP contribution in [0.1, 0.15) is 40.3 Å². The van der Waals surface area contributed by atoms with Crippen LogP contribution >= 0.6 is 0 Å². The summed E-state index contributed by atoms with van der Waals surface area (Å²) in [5, 5.41) is 39.5. The Labute approximate surface area is 184 Å². The lowest BCUT2D eigenvalue weighted by molar-refractivity contribution is -0.173. The lowest BCUT2D eigenvalue weighted by Gasteiger charge is -2.35. The van der Waals surface area contributed by atoms with Crippen LogP contribution in [0.2, 0.25) is 0 Å². The number of phenols is 2. The largest absolute Gasteiger partial charge is 0.507 e. The van der Waals surface area contributed by atoms with Crippen LogP contribution in [0.3, 0.4) is 0 Å². The van der Waals surface area contributed by atoms with E-state index in [1.54, 1.807) is 0 Å². The van der Waals surface area contributed by atoms with Crippen LogP contribution in [0.25, 0.3) is 0 Å². The molecule has 0 radical (unpaired) electrons. The van der Waals surface area contributed by atoms with Gasteiger partial charge < -0.3 is 29.9 Å². The molecule has 0 saturated carbocycles. The van der Waals surface area contributed by atoms with Crippen molar-refractivity contribution in [1.29, 1.82) is 0 Å². The SMILES string of the molecule is COCc1cc(C(C)(c2cc(CCO)c(O)c(COC)c2)C(F)(F)F)cc(CCO)c1O. The number of hydrogen-bond acceptors (Lipinski definition) is 6. The van der Waals surface area contributed by atoms with Crippen LogP contribution in [0.15, 0.2) is 24.3 Å². The van der Waals surface area contributed by atoms with Gasteiger partial charge in [-0.05, 0) is 54.2 Å². The molecule has 9 heteroatoms. The van der Waals surface area contributed by atoms with Crippen molar-refractivity contribution in [2.24, 2.45) is 0 Å². The molecule has 0 atom stereocenters. The molecule has 178 valence electrons. The van der Waals surface area contributed by atoms with Crippen LogP contribution < -0.4 is 0 Å². The quantitative estimate of drug-likeness (QED) is 0.436. The van der Waals surface area contributed by atoms with Crippen LogP contribution in [-0.2, 0) is 40.9 Å². The summed E-state index contributed by atoms with van der Waals surface area (Å²) in [6, 6.07) is 4.93. The van der Waals surface area contributed by atoms with Crippen molar-refractivity contribution in [3.8, 4) is 11.5 Å². The minimum atomic E-state index is -4.76. The predicted molar refractivity (Wildman–Crippen MR) is 112 cm³/mol. The van der Waals surface area contributed by atoms with Gasteiger partial charge in [0.05, 0.1) is 13.2 Å². The standard InChI is InChI=1S/C23H29F3O6/c1-22(23(24,25)26,18-8-14(4-6-27)20(29)16(10-18)12-31-2)19-9-15(5-7-28)21(30)17(11-19)13-32-3/h8-11,27-30H,4-7,12-13H2,1-3H3. The van der Waals surface area contributed by atoms with Crippen molar-refractivity contribution < 1.29 is 43.1 Å². The summed E-state index contributed by atoms with van der Waals surface area (Å²) in [6.45, 7) is 0.0665. The first kappa shape index (κ1) is 25.9. The summed E-state index contributed by atoms with van der Waals surface area (Å²) in [7, 11) is 2.72. The van der Waals surface area contributed by atoms with E-state index < -0.39 is 11.6 Å². The molecule has 2 rings (SSSR count). The van der Waals surface area contributed by atoms with E-state index in [2.05, 4.69) is 0 Å². The van der Waals surface area contributed by atoms with Gasteiger partial charge in [0.1, 0.15) is 16.9 Å².